The molecule has 0 aliphatic carbocycles. The minimum absolute atomic E-state index is 0.172. The molecule has 1 aliphatic heterocycles. The Bertz CT molecular complexity index is 146. The SMILES string of the molecule is COCCC(C)C(N)C1CCCCO1. The average molecular weight is 201 g/mol. The lowest BCUT2D eigenvalue weighted by Crippen LogP contribution is -2.43. The summed E-state index contributed by atoms with van der Waals surface area (Å²) in [5.74, 6) is 0.484. The van der Waals surface area contributed by atoms with Crippen molar-refractivity contribution in [3.8, 4) is 0 Å². The highest BCUT2D eigenvalue weighted by Crippen LogP contribution is 2.20. The van der Waals surface area contributed by atoms with Crippen molar-refractivity contribution in [2.24, 2.45) is 11.7 Å². The van der Waals surface area contributed by atoms with Crippen LogP contribution in [0.1, 0.15) is 32.6 Å². The fourth-order valence-electron chi connectivity index (χ4n) is 1.93. The number of nitrogens with two attached hydrogens (primary N) is 1. The van der Waals surface area contributed by atoms with Gasteiger partial charge in [-0.1, -0.05) is 6.92 Å². The minimum atomic E-state index is 0.172. The van der Waals surface area contributed by atoms with Crippen LogP contribution >= 0.6 is 0 Å². The third-order valence-electron chi connectivity index (χ3n) is 3.08. The van der Waals surface area contributed by atoms with Gasteiger partial charge in [0.05, 0.1) is 6.10 Å². The van der Waals surface area contributed by atoms with Crippen LogP contribution in [0, 0.1) is 5.92 Å². The Hall–Kier alpha value is -0.120. The zero-order chi connectivity index (χ0) is 10.4. The van der Waals surface area contributed by atoms with Crippen LogP contribution in [0.2, 0.25) is 0 Å². The molecule has 3 unspecified atom stereocenters. The van der Waals surface area contributed by atoms with Crippen molar-refractivity contribution in [3.05, 3.63) is 0 Å². The standard InChI is InChI=1S/C11H23NO2/c1-9(6-8-13-2)11(12)10-5-3-4-7-14-10/h9-11H,3-8,12H2,1-2H3. The van der Waals surface area contributed by atoms with Crippen LogP contribution in [0.5, 0.6) is 0 Å². The number of ether oxygens (including phenoxy) is 2. The van der Waals surface area contributed by atoms with Gasteiger partial charge < -0.3 is 15.2 Å². The first kappa shape index (κ1) is 12.0. The molecule has 0 amide bonds. The van der Waals surface area contributed by atoms with Crippen LogP contribution in [-0.2, 0) is 9.47 Å². The molecule has 0 radical (unpaired) electrons. The smallest absolute Gasteiger partial charge is 0.0728 e. The fourth-order valence-corrected chi connectivity index (χ4v) is 1.93. The molecular formula is C11H23NO2. The van der Waals surface area contributed by atoms with Crippen molar-refractivity contribution in [2.45, 2.75) is 44.8 Å². The van der Waals surface area contributed by atoms with Crippen molar-refractivity contribution < 1.29 is 9.47 Å². The Balaban J connectivity index is 2.26. The van der Waals surface area contributed by atoms with Gasteiger partial charge in [-0.15, -0.1) is 0 Å². The zero-order valence-corrected chi connectivity index (χ0v) is 9.37. The van der Waals surface area contributed by atoms with Gasteiger partial charge in [-0.2, -0.15) is 0 Å². The van der Waals surface area contributed by atoms with Crippen LogP contribution in [0.15, 0.2) is 0 Å². The maximum absolute atomic E-state index is 6.15. The second-order valence-electron chi connectivity index (χ2n) is 4.24. The highest BCUT2D eigenvalue weighted by Gasteiger charge is 2.25. The molecule has 0 aromatic rings. The Morgan fingerprint density at radius 3 is 2.86 bits per heavy atom. The van der Waals surface area contributed by atoms with Gasteiger partial charge in [-0.3, -0.25) is 0 Å². The molecule has 1 saturated heterocycles. The Labute approximate surface area is 86.9 Å². The van der Waals surface area contributed by atoms with E-state index in [2.05, 4.69) is 6.92 Å². The zero-order valence-electron chi connectivity index (χ0n) is 9.37. The molecule has 0 bridgehead atoms. The molecule has 1 rings (SSSR count). The number of rotatable bonds is 5. The van der Waals surface area contributed by atoms with Crippen LogP contribution < -0.4 is 5.73 Å². The van der Waals surface area contributed by atoms with Gasteiger partial charge in [-0.05, 0) is 31.6 Å². The lowest BCUT2D eigenvalue weighted by Gasteiger charge is -2.31. The van der Waals surface area contributed by atoms with Gasteiger partial charge in [0.15, 0.2) is 0 Å². The summed E-state index contributed by atoms with van der Waals surface area (Å²) in [7, 11) is 1.73. The second-order valence-corrected chi connectivity index (χ2v) is 4.24. The molecule has 1 fully saturated rings. The molecule has 1 heterocycles. The Kier molecular flexibility index (Phi) is 5.45. The molecule has 2 N–H and O–H groups in total. The maximum atomic E-state index is 6.15. The predicted molar refractivity (Wildman–Crippen MR) is 57.2 cm³/mol. The van der Waals surface area contributed by atoms with Gasteiger partial charge in [0.2, 0.25) is 0 Å². The first-order valence-corrected chi connectivity index (χ1v) is 5.62. The van der Waals surface area contributed by atoms with Crippen LogP contribution in [0.4, 0.5) is 0 Å². The topological polar surface area (TPSA) is 44.5 Å². The van der Waals surface area contributed by atoms with Crippen molar-refractivity contribution in [2.75, 3.05) is 20.3 Å². The monoisotopic (exact) mass is 201 g/mol. The molecule has 84 valence electrons. The normalized spacial score (nSPS) is 27.2. The van der Waals surface area contributed by atoms with Gasteiger partial charge in [0, 0.05) is 26.4 Å². The van der Waals surface area contributed by atoms with Gasteiger partial charge >= 0.3 is 0 Å². The summed E-state index contributed by atoms with van der Waals surface area (Å²) >= 11 is 0. The highest BCUT2D eigenvalue weighted by atomic mass is 16.5. The van der Waals surface area contributed by atoms with Gasteiger partial charge in [-0.25, -0.2) is 0 Å². The van der Waals surface area contributed by atoms with Crippen molar-refractivity contribution in [3.63, 3.8) is 0 Å². The molecule has 1 aliphatic rings. The summed E-state index contributed by atoms with van der Waals surface area (Å²) in [5, 5.41) is 0. The van der Waals surface area contributed by atoms with E-state index >= 15 is 0 Å². The molecule has 3 atom stereocenters. The molecule has 0 spiro atoms. The van der Waals surface area contributed by atoms with Crippen molar-refractivity contribution in [1.29, 1.82) is 0 Å². The third-order valence-corrected chi connectivity index (χ3v) is 3.08. The molecule has 3 heteroatoms. The van der Waals surface area contributed by atoms with E-state index in [0.29, 0.717) is 5.92 Å². The predicted octanol–water partition coefficient (Wildman–Crippen LogP) is 1.56. The maximum Gasteiger partial charge on any atom is 0.0728 e. The summed E-state index contributed by atoms with van der Waals surface area (Å²) < 4.78 is 10.7. The lowest BCUT2D eigenvalue weighted by atomic mass is 9.91. The van der Waals surface area contributed by atoms with E-state index in [4.69, 9.17) is 15.2 Å². The van der Waals surface area contributed by atoms with Crippen LogP contribution in [-0.4, -0.2) is 32.5 Å². The summed E-state index contributed by atoms with van der Waals surface area (Å²) in [6.45, 7) is 3.86. The van der Waals surface area contributed by atoms with Crippen molar-refractivity contribution in [1.82, 2.24) is 0 Å². The molecule has 0 aromatic heterocycles. The van der Waals surface area contributed by atoms with E-state index in [0.717, 1.165) is 26.1 Å². The highest BCUT2D eigenvalue weighted by molar-refractivity contribution is 4.80. The minimum Gasteiger partial charge on any atom is -0.385 e. The van der Waals surface area contributed by atoms with E-state index < -0.39 is 0 Å². The van der Waals surface area contributed by atoms with E-state index in [1.807, 2.05) is 0 Å². The van der Waals surface area contributed by atoms with E-state index in [-0.39, 0.29) is 12.1 Å². The third kappa shape index (κ3) is 3.56. The van der Waals surface area contributed by atoms with Crippen LogP contribution in [0.3, 0.4) is 0 Å². The molecule has 14 heavy (non-hydrogen) atoms. The van der Waals surface area contributed by atoms with E-state index in [1.165, 1.54) is 12.8 Å². The fraction of sp³-hybridized carbons (Fsp3) is 1.00. The van der Waals surface area contributed by atoms with Gasteiger partial charge in [0.25, 0.3) is 0 Å². The average Bonchev–Trinajstić information content (AvgIpc) is 2.26. The molecule has 0 aromatic carbocycles. The molecular weight excluding hydrogens is 178 g/mol. The molecule has 3 nitrogen and oxygen atoms in total. The number of hydrogen-bond acceptors (Lipinski definition) is 3. The first-order chi connectivity index (χ1) is 6.75. The van der Waals surface area contributed by atoms with Crippen LogP contribution in [0.25, 0.3) is 0 Å². The lowest BCUT2D eigenvalue weighted by molar-refractivity contribution is -0.0125. The Morgan fingerprint density at radius 1 is 1.50 bits per heavy atom. The summed E-state index contributed by atoms with van der Waals surface area (Å²) in [6, 6.07) is 0.172. The molecule has 0 saturated carbocycles. The number of hydrogen-bond donors (Lipinski definition) is 1. The summed E-state index contributed by atoms with van der Waals surface area (Å²) in [6.07, 6.45) is 4.87. The van der Waals surface area contributed by atoms with Gasteiger partial charge in [0.1, 0.15) is 0 Å². The van der Waals surface area contributed by atoms with E-state index in [9.17, 15) is 0 Å². The summed E-state index contributed by atoms with van der Waals surface area (Å²) in [5.41, 5.74) is 6.15. The first-order valence-electron chi connectivity index (χ1n) is 5.62. The summed E-state index contributed by atoms with van der Waals surface area (Å²) in [4.78, 5) is 0. The second kappa shape index (κ2) is 6.38. The quantitative estimate of drug-likeness (QED) is 0.734. The number of methoxy groups -OCH3 is 1. The van der Waals surface area contributed by atoms with E-state index in [1.54, 1.807) is 7.11 Å². The van der Waals surface area contributed by atoms with Crippen molar-refractivity contribution >= 4 is 0 Å². The largest absolute Gasteiger partial charge is 0.385 e. The Morgan fingerprint density at radius 2 is 2.29 bits per heavy atom.